The lowest BCUT2D eigenvalue weighted by Crippen LogP contribution is -2.26. The Hall–Kier alpha value is -3.88. The molecule has 2 aromatic carbocycles. The lowest BCUT2D eigenvalue weighted by Gasteiger charge is -2.08. The Balaban J connectivity index is 1.75. The lowest BCUT2D eigenvalue weighted by atomic mass is 10.2. The molecule has 0 aliphatic rings. The van der Waals surface area contributed by atoms with Crippen molar-refractivity contribution < 1.29 is 28.6 Å². The van der Waals surface area contributed by atoms with Gasteiger partial charge < -0.3 is 19.5 Å². The van der Waals surface area contributed by atoms with Gasteiger partial charge in [0.25, 0.3) is 5.91 Å². The van der Waals surface area contributed by atoms with Crippen LogP contribution in [0.4, 0.5) is 5.69 Å². The summed E-state index contributed by atoms with van der Waals surface area (Å²) in [6.07, 6.45) is -0.0146. The maximum absolute atomic E-state index is 12.1. The van der Waals surface area contributed by atoms with Gasteiger partial charge in [0.1, 0.15) is 11.5 Å². The first-order valence-corrected chi connectivity index (χ1v) is 9.57. The molecule has 0 aliphatic heterocycles. The van der Waals surface area contributed by atoms with Crippen LogP contribution in [0.15, 0.2) is 53.6 Å². The van der Waals surface area contributed by atoms with E-state index in [0.29, 0.717) is 35.1 Å². The second-order valence-electron chi connectivity index (χ2n) is 6.37. The maximum Gasteiger partial charge on any atom is 0.338 e. The highest BCUT2D eigenvalue weighted by Crippen LogP contribution is 2.16. The van der Waals surface area contributed by atoms with Crippen LogP contribution in [0.25, 0.3) is 0 Å². The number of hydrazone groups is 1. The third kappa shape index (κ3) is 8.17. The van der Waals surface area contributed by atoms with Gasteiger partial charge in [-0.05, 0) is 62.4 Å². The summed E-state index contributed by atoms with van der Waals surface area (Å²) in [6, 6.07) is 13.2. The van der Waals surface area contributed by atoms with Gasteiger partial charge in [-0.3, -0.25) is 9.59 Å². The molecule has 0 atom stereocenters. The number of amides is 2. The van der Waals surface area contributed by atoms with Crippen molar-refractivity contribution in [2.24, 2.45) is 5.10 Å². The summed E-state index contributed by atoms with van der Waals surface area (Å²) in [4.78, 5) is 35.6. The van der Waals surface area contributed by atoms with Crippen LogP contribution in [-0.2, 0) is 14.3 Å². The Morgan fingerprint density at radius 1 is 0.935 bits per heavy atom. The van der Waals surface area contributed by atoms with Crippen molar-refractivity contribution in [3.8, 4) is 11.5 Å². The average molecular weight is 427 g/mol. The second-order valence-corrected chi connectivity index (χ2v) is 6.37. The van der Waals surface area contributed by atoms with E-state index in [4.69, 9.17) is 14.2 Å². The number of hydrogen-bond acceptors (Lipinski definition) is 7. The van der Waals surface area contributed by atoms with Gasteiger partial charge in [0, 0.05) is 11.4 Å². The van der Waals surface area contributed by atoms with Gasteiger partial charge >= 0.3 is 5.97 Å². The summed E-state index contributed by atoms with van der Waals surface area (Å²) in [5.74, 6) is 0.0179. The number of hydrogen-bond donors (Lipinski definition) is 2. The summed E-state index contributed by atoms with van der Waals surface area (Å²) in [6.45, 7) is 3.42. The third-order valence-corrected chi connectivity index (χ3v) is 3.90. The zero-order chi connectivity index (χ0) is 22.6. The van der Waals surface area contributed by atoms with E-state index in [-0.39, 0.29) is 18.9 Å². The number of ether oxygens (including phenoxy) is 3. The Morgan fingerprint density at radius 3 is 2.19 bits per heavy atom. The largest absolute Gasteiger partial charge is 0.497 e. The highest BCUT2D eigenvalue weighted by Gasteiger charge is 2.09. The molecule has 0 heterocycles. The summed E-state index contributed by atoms with van der Waals surface area (Å²) in [5.41, 5.74) is 3.69. The predicted molar refractivity (Wildman–Crippen MR) is 115 cm³/mol. The molecular formula is C22H25N3O6. The van der Waals surface area contributed by atoms with E-state index in [1.807, 2.05) is 0 Å². The number of carbonyl (C=O) groups is 3. The minimum atomic E-state index is -0.454. The minimum Gasteiger partial charge on any atom is -0.497 e. The molecule has 2 rings (SSSR count). The fourth-order valence-corrected chi connectivity index (χ4v) is 2.39. The molecule has 0 radical (unpaired) electrons. The molecular weight excluding hydrogens is 402 g/mol. The van der Waals surface area contributed by atoms with E-state index in [1.165, 1.54) is 0 Å². The van der Waals surface area contributed by atoms with Crippen LogP contribution < -0.4 is 20.2 Å². The quantitative estimate of drug-likeness (QED) is 0.342. The first-order valence-electron chi connectivity index (χ1n) is 9.57. The van der Waals surface area contributed by atoms with Crippen molar-refractivity contribution in [2.45, 2.75) is 20.3 Å². The van der Waals surface area contributed by atoms with Crippen LogP contribution in [0, 0.1) is 0 Å². The number of nitrogens with zero attached hydrogens (tertiary/aromatic N) is 1. The zero-order valence-corrected chi connectivity index (χ0v) is 17.6. The van der Waals surface area contributed by atoms with Gasteiger partial charge in [0.05, 0.1) is 25.7 Å². The Bertz CT molecular complexity index is 923. The van der Waals surface area contributed by atoms with E-state index >= 15 is 0 Å². The first-order chi connectivity index (χ1) is 14.9. The SMILES string of the molecule is CCOC(=O)c1ccc(NC(=O)C/C(C)=N/NC(=O)COc2ccc(OC)cc2)cc1. The number of esters is 1. The molecule has 0 spiro atoms. The number of benzene rings is 2. The predicted octanol–water partition coefficient (Wildman–Crippen LogP) is 2.77. The van der Waals surface area contributed by atoms with E-state index in [9.17, 15) is 14.4 Å². The summed E-state index contributed by atoms with van der Waals surface area (Å²) < 4.78 is 15.3. The molecule has 0 bridgehead atoms. The van der Waals surface area contributed by atoms with Crippen LogP contribution >= 0.6 is 0 Å². The number of anilines is 1. The van der Waals surface area contributed by atoms with Gasteiger partial charge in [0.15, 0.2) is 6.61 Å². The van der Waals surface area contributed by atoms with Crippen molar-refractivity contribution in [3.05, 3.63) is 54.1 Å². The molecule has 0 aliphatic carbocycles. The van der Waals surface area contributed by atoms with Crippen molar-refractivity contribution >= 4 is 29.2 Å². The van der Waals surface area contributed by atoms with E-state index in [1.54, 1.807) is 69.5 Å². The lowest BCUT2D eigenvalue weighted by molar-refractivity contribution is -0.123. The first kappa shape index (κ1) is 23.4. The van der Waals surface area contributed by atoms with Gasteiger partial charge in [0.2, 0.25) is 5.91 Å². The monoisotopic (exact) mass is 427 g/mol. The Morgan fingerprint density at radius 2 is 1.58 bits per heavy atom. The molecule has 0 fully saturated rings. The molecule has 0 saturated heterocycles. The van der Waals surface area contributed by atoms with Crippen LogP contribution in [0.2, 0.25) is 0 Å². The van der Waals surface area contributed by atoms with Gasteiger partial charge in [-0.2, -0.15) is 5.10 Å². The fourth-order valence-electron chi connectivity index (χ4n) is 2.39. The number of carbonyl (C=O) groups excluding carboxylic acids is 3. The van der Waals surface area contributed by atoms with Crippen molar-refractivity contribution in [1.29, 1.82) is 0 Å². The maximum atomic E-state index is 12.1. The molecule has 0 saturated carbocycles. The highest BCUT2D eigenvalue weighted by atomic mass is 16.5. The standard InChI is InChI=1S/C22H25N3O6/c1-4-30-22(28)16-5-7-17(8-6-16)23-20(26)13-15(2)24-25-21(27)14-31-19-11-9-18(29-3)10-12-19/h5-12H,4,13-14H2,1-3H3,(H,23,26)(H,25,27)/b24-15+. The molecule has 9 nitrogen and oxygen atoms in total. The molecule has 2 N–H and O–H groups in total. The molecule has 2 amide bonds. The summed E-state index contributed by atoms with van der Waals surface area (Å²) in [5, 5.41) is 6.59. The minimum absolute atomic E-state index is 0.0146. The van der Waals surface area contributed by atoms with Crippen molar-refractivity contribution in [2.75, 3.05) is 25.6 Å². The van der Waals surface area contributed by atoms with Crippen LogP contribution in [0.1, 0.15) is 30.6 Å². The Labute approximate surface area is 180 Å². The van der Waals surface area contributed by atoms with Crippen LogP contribution in [-0.4, -0.2) is 43.8 Å². The van der Waals surface area contributed by atoms with E-state index in [2.05, 4.69) is 15.8 Å². The van der Waals surface area contributed by atoms with Gasteiger partial charge in [-0.1, -0.05) is 0 Å². The van der Waals surface area contributed by atoms with Crippen molar-refractivity contribution in [3.63, 3.8) is 0 Å². The molecule has 31 heavy (non-hydrogen) atoms. The summed E-state index contributed by atoms with van der Waals surface area (Å²) >= 11 is 0. The number of rotatable bonds is 10. The normalized spacial score (nSPS) is 10.7. The zero-order valence-electron chi connectivity index (χ0n) is 17.6. The Kier molecular flexibility index (Phi) is 9.03. The van der Waals surface area contributed by atoms with Crippen LogP contribution in [0.3, 0.4) is 0 Å². The average Bonchev–Trinajstić information content (AvgIpc) is 2.77. The highest BCUT2D eigenvalue weighted by molar-refractivity contribution is 6.05. The number of methoxy groups -OCH3 is 1. The molecule has 164 valence electrons. The molecule has 2 aromatic rings. The molecule has 0 unspecified atom stereocenters. The van der Waals surface area contributed by atoms with Crippen molar-refractivity contribution in [1.82, 2.24) is 5.43 Å². The molecule has 0 aromatic heterocycles. The molecule has 9 heteroatoms. The van der Waals surface area contributed by atoms with E-state index in [0.717, 1.165) is 0 Å². The fraction of sp³-hybridized carbons (Fsp3) is 0.273. The van der Waals surface area contributed by atoms with Crippen LogP contribution in [0.5, 0.6) is 11.5 Å². The topological polar surface area (TPSA) is 115 Å². The van der Waals surface area contributed by atoms with E-state index < -0.39 is 11.9 Å². The second kappa shape index (κ2) is 12.0. The van der Waals surface area contributed by atoms with Gasteiger partial charge in [-0.25, -0.2) is 10.2 Å². The smallest absolute Gasteiger partial charge is 0.338 e. The third-order valence-electron chi connectivity index (χ3n) is 3.90. The van der Waals surface area contributed by atoms with Gasteiger partial charge in [-0.15, -0.1) is 0 Å². The number of nitrogens with one attached hydrogen (secondary N) is 2. The summed E-state index contributed by atoms with van der Waals surface area (Å²) in [7, 11) is 1.56.